The molecule has 0 aliphatic rings. The quantitative estimate of drug-likeness (QED) is 0.554. The predicted molar refractivity (Wildman–Crippen MR) is 108 cm³/mol. The Morgan fingerprint density at radius 1 is 0.556 bits per heavy atom. The molecule has 0 bridgehead atoms. The Kier molecular flexibility index (Phi) is 4.79. The number of rotatable bonds is 4. The Labute approximate surface area is 158 Å². The molecule has 4 aromatic rings. The van der Waals surface area contributed by atoms with Crippen LogP contribution in [0.2, 0.25) is 0 Å². The van der Waals surface area contributed by atoms with Crippen LogP contribution < -0.4 is 5.59 Å². The predicted octanol–water partition coefficient (Wildman–Crippen LogP) is 3.16. The molecule has 2 N–H and O–H groups in total. The SMILES string of the molecule is OB(O)c1cc(-c2ccccc2)nc(-c2ccc(-c3ccccc3)cc2)n1. The number of benzene rings is 3. The maximum absolute atomic E-state index is 9.62. The van der Waals surface area contributed by atoms with E-state index in [2.05, 4.69) is 22.1 Å². The molecule has 0 aliphatic carbocycles. The molecule has 4 rings (SSSR count). The molecule has 0 saturated heterocycles. The largest absolute Gasteiger partial charge is 0.508 e. The Morgan fingerprint density at radius 3 is 1.67 bits per heavy atom. The van der Waals surface area contributed by atoms with Crippen molar-refractivity contribution < 1.29 is 10.0 Å². The van der Waals surface area contributed by atoms with Gasteiger partial charge >= 0.3 is 7.12 Å². The van der Waals surface area contributed by atoms with Crippen molar-refractivity contribution in [2.45, 2.75) is 0 Å². The third kappa shape index (κ3) is 3.79. The maximum Gasteiger partial charge on any atom is 0.508 e. The van der Waals surface area contributed by atoms with Crippen molar-refractivity contribution in [3.8, 4) is 33.8 Å². The first-order valence-electron chi connectivity index (χ1n) is 8.67. The highest BCUT2D eigenvalue weighted by Gasteiger charge is 2.17. The second kappa shape index (κ2) is 7.54. The molecule has 0 radical (unpaired) electrons. The maximum atomic E-state index is 9.62. The van der Waals surface area contributed by atoms with E-state index < -0.39 is 7.12 Å². The van der Waals surface area contributed by atoms with E-state index in [-0.39, 0.29) is 5.59 Å². The second-order valence-electron chi connectivity index (χ2n) is 6.18. The van der Waals surface area contributed by atoms with Crippen LogP contribution in [0.1, 0.15) is 0 Å². The number of hydrogen-bond acceptors (Lipinski definition) is 4. The van der Waals surface area contributed by atoms with Gasteiger partial charge in [-0.2, -0.15) is 0 Å². The first-order chi connectivity index (χ1) is 13.2. The molecule has 1 aromatic heterocycles. The highest BCUT2D eigenvalue weighted by molar-refractivity contribution is 6.57. The van der Waals surface area contributed by atoms with Crippen LogP contribution in [0.4, 0.5) is 0 Å². The third-order valence-electron chi connectivity index (χ3n) is 4.33. The Morgan fingerprint density at radius 2 is 1.07 bits per heavy atom. The highest BCUT2D eigenvalue weighted by Crippen LogP contribution is 2.24. The van der Waals surface area contributed by atoms with Crippen molar-refractivity contribution in [2.24, 2.45) is 0 Å². The molecule has 0 unspecified atom stereocenters. The molecule has 5 heteroatoms. The van der Waals surface area contributed by atoms with Gasteiger partial charge in [0.05, 0.1) is 11.3 Å². The molecule has 0 aliphatic heterocycles. The molecule has 130 valence electrons. The fourth-order valence-electron chi connectivity index (χ4n) is 2.93. The van der Waals surface area contributed by atoms with Gasteiger partial charge in [0.25, 0.3) is 0 Å². The van der Waals surface area contributed by atoms with Crippen LogP contribution in [-0.2, 0) is 0 Å². The summed E-state index contributed by atoms with van der Waals surface area (Å²) in [6, 6.07) is 29.2. The van der Waals surface area contributed by atoms with E-state index >= 15 is 0 Å². The second-order valence-corrected chi connectivity index (χ2v) is 6.18. The summed E-state index contributed by atoms with van der Waals surface area (Å²) >= 11 is 0. The van der Waals surface area contributed by atoms with Crippen LogP contribution in [0.5, 0.6) is 0 Å². The van der Waals surface area contributed by atoms with Gasteiger partial charge in [-0.25, -0.2) is 9.97 Å². The van der Waals surface area contributed by atoms with E-state index in [1.165, 1.54) is 0 Å². The lowest BCUT2D eigenvalue weighted by atomic mass is 9.85. The monoisotopic (exact) mass is 352 g/mol. The van der Waals surface area contributed by atoms with Crippen LogP contribution in [0, 0.1) is 0 Å². The van der Waals surface area contributed by atoms with Crippen molar-refractivity contribution in [2.75, 3.05) is 0 Å². The van der Waals surface area contributed by atoms with E-state index in [0.717, 1.165) is 22.3 Å². The molecule has 4 nitrogen and oxygen atoms in total. The van der Waals surface area contributed by atoms with E-state index in [1.807, 2.05) is 72.8 Å². The lowest BCUT2D eigenvalue weighted by Gasteiger charge is -2.09. The Bertz CT molecular complexity index is 1040. The van der Waals surface area contributed by atoms with Crippen LogP contribution in [0.3, 0.4) is 0 Å². The van der Waals surface area contributed by atoms with Crippen LogP contribution >= 0.6 is 0 Å². The molecular formula is C22H17BN2O2. The molecule has 0 atom stereocenters. The van der Waals surface area contributed by atoms with Gasteiger partial charge in [-0.15, -0.1) is 0 Å². The zero-order valence-electron chi connectivity index (χ0n) is 14.5. The van der Waals surface area contributed by atoms with E-state index in [1.54, 1.807) is 6.07 Å². The van der Waals surface area contributed by atoms with E-state index in [0.29, 0.717) is 11.5 Å². The van der Waals surface area contributed by atoms with Gasteiger partial charge < -0.3 is 10.0 Å². The topological polar surface area (TPSA) is 66.2 Å². The van der Waals surface area contributed by atoms with Gasteiger partial charge in [0.15, 0.2) is 5.82 Å². The molecule has 0 spiro atoms. The van der Waals surface area contributed by atoms with Gasteiger partial charge in [0.2, 0.25) is 0 Å². The first-order valence-corrected chi connectivity index (χ1v) is 8.67. The van der Waals surface area contributed by atoms with Crippen molar-refractivity contribution in [3.63, 3.8) is 0 Å². The Balaban J connectivity index is 1.76. The lowest BCUT2D eigenvalue weighted by molar-refractivity contribution is 0.424. The van der Waals surface area contributed by atoms with E-state index in [9.17, 15) is 10.0 Å². The summed E-state index contributed by atoms with van der Waals surface area (Å²) in [4.78, 5) is 8.95. The average molecular weight is 352 g/mol. The van der Waals surface area contributed by atoms with Crippen molar-refractivity contribution >= 4 is 12.7 Å². The normalized spacial score (nSPS) is 10.6. The van der Waals surface area contributed by atoms with Crippen molar-refractivity contribution in [3.05, 3.63) is 91.0 Å². The summed E-state index contributed by atoms with van der Waals surface area (Å²) in [5, 5.41) is 19.2. The summed E-state index contributed by atoms with van der Waals surface area (Å²) in [5.41, 5.74) is 4.76. The van der Waals surface area contributed by atoms with E-state index in [4.69, 9.17) is 0 Å². The van der Waals surface area contributed by atoms with Crippen molar-refractivity contribution in [1.82, 2.24) is 9.97 Å². The number of aromatic nitrogens is 2. The highest BCUT2D eigenvalue weighted by atomic mass is 16.4. The minimum absolute atomic E-state index is 0.172. The minimum atomic E-state index is -1.65. The van der Waals surface area contributed by atoms with Crippen LogP contribution in [0.25, 0.3) is 33.8 Å². The van der Waals surface area contributed by atoms with Gasteiger partial charge in [-0.3, -0.25) is 0 Å². The minimum Gasteiger partial charge on any atom is -0.422 e. The molecule has 1 heterocycles. The average Bonchev–Trinajstić information content (AvgIpc) is 2.75. The molecule has 0 amide bonds. The molecule has 0 fully saturated rings. The molecule has 3 aromatic carbocycles. The molecule has 0 saturated carbocycles. The summed E-state index contributed by atoms with van der Waals surface area (Å²) in [7, 11) is -1.65. The lowest BCUT2D eigenvalue weighted by Crippen LogP contribution is -2.33. The summed E-state index contributed by atoms with van der Waals surface area (Å²) in [6.45, 7) is 0. The third-order valence-corrected chi connectivity index (χ3v) is 4.33. The molecular weight excluding hydrogens is 335 g/mol. The zero-order valence-corrected chi connectivity index (χ0v) is 14.5. The number of nitrogens with zero attached hydrogens (tertiary/aromatic N) is 2. The van der Waals surface area contributed by atoms with Crippen LogP contribution in [-0.4, -0.2) is 27.1 Å². The van der Waals surface area contributed by atoms with Gasteiger partial charge in [0, 0.05) is 11.1 Å². The van der Waals surface area contributed by atoms with Gasteiger partial charge in [-0.1, -0.05) is 84.9 Å². The summed E-state index contributed by atoms with van der Waals surface area (Å²) in [6.07, 6.45) is 0. The standard InChI is InChI=1S/C22H17BN2O2/c26-23(27)21-15-20(18-9-5-2-6-10-18)24-22(25-21)19-13-11-17(12-14-19)16-7-3-1-4-8-16/h1-15,26-27H. The van der Waals surface area contributed by atoms with Crippen molar-refractivity contribution in [1.29, 1.82) is 0 Å². The zero-order chi connectivity index (χ0) is 18.6. The smallest absolute Gasteiger partial charge is 0.422 e. The van der Waals surface area contributed by atoms with Gasteiger partial charge in [-0.05, 0) is 17.2 Å². The Hall–Kier alpha value is -3.28. The summed E-state index contributed by atoms with van der Waals surface area (Å²) in [5.74, 6) is 0.457. The molecule has 27 heavy (non-hydrogen) atoms. The number of hydrogen-bond donors (Lipinski definition) is 2. The van der Waals surface area contributed by atoms with Crippen LogP contribution in [0.15, 0.2) is 91.0 Å². The fourth-order valence-corrected chi connectivity index (χ4v) is 2.93. The first kappa shape index (κ1) is 17.2. The fraction of sp³-hybridized carbons (Fsp3) is 0. The van der Waals surface area contributed by atoms with Gasteiger partial charge in [0.1, 0.15) is 0 Å². The summed E-state index contributed by atoms with van der Waals surface area (Å²) < 4.78 is 0.